The summed E-state index contributed by atoms with van der Waals surface area (Å²) in [5.41, 5.74) is 1.36. The van der Waals surface area contributed by atoms with Crippen molar-refractivity contribution in [2.45, 2.75) is 50.7 Å². The van der Waals surface area contributed by atoms with Gasteiger partial charge in [0.25, 0.3) is 0 Å². The summed E-state index contributed by atoms with van der Waals surface area (Å²) >= 11 is 0. The van der Waals surface area contributed by atoms with Crippen molar-refractivity contribution < 1.29 is 9.53 Å². The molecular weight excluding hydrogens is 250 g/mol. The fourth-order valence-electron chi connectivity index (χ4n) is 3.30. The Morgan fingerprint density at radius 2 is 2.10 bits per heavy atom. The third-order valence-electron chi connectivity index (χ3n) is 4.57. The summed E-state index contributed by atoms with van der Waals surface area (Å²) in [6, 6.07) is 10.8. The minimum atomic E-state index is 0.216. The monoisotopic (exact) mass is 273 g/mol. The molecule has 0 unspecified atom stereocenters. The summed E-state index contributed by atoms with van der Waals surface area (Å²) in [5, 5.41) is 3.17. The Morgan fingerprint density at radius 3 is 2.90 bits per heavy atom. The molecule has 20 heavy (non-hydrogen) atoms. The summed E-state index contributed by atoms with van der Waals surface area (Å²) < 4.78 is 5.56. The Labute approximate surface area is 120 Å². The van der Waals surface area contributed by atoms with Gasteiger partial charge in [-0.25, -0.2) is 0 Å². The highest BCUT2D eigenvalue weighted by molar-refractivity contribution is 5.76. The van der Waals surface area contributed by atoms with E-state index in [1.165, 1.54) is 5.56 Å². The van der Waals surface area contributed by atoms with Crippen molar-refractivity contribution in [3.63, 3.8) is 0 Å². The predicted octanol–water partition coefficient (Wildman–Crippen LogP) is 2.69. The number of rotatable bonds is 6. The van der Waals surface area contributed by atoms with Crippen LogP contribution in [0.5, 0.6) is 0 Å². The van der Waals surface area contributed by atoms with Gasteiger partial charge in [-0.3, -0.25) is 4.79 Å². The summed E-state index contributed by atoms with van der Waals surface area (Å²) in [5.74, 6) is 0.802. The molecule has 0 radical (unpaired) electrons. The van der Waals surface area contributed by atoms with Gasteiger partial charge in [0.2, 0.25) is 5.91 Å². The van der Waals surface area contributed by atoms with Crippen LogP contribution in [0.3, 0.4) is 0 Å². The molecule has 1 saturated carbocycles. The number of carbonyl (C=O) groups excluding carboxylic acids is 1. The molecule has 1 aromatic rings. The van der Waals surface area contributed by atoms with E-state index in [0.29, 0.717) is 24.5 Å². The first-order valence-electron chi connectivity index (χ1n) is 7.78. The van der Waals surface area contributed by atoms with Gasteiger partial charge in [0, 0.05) is 25.0 Å². The summed E-state index contributed by atoms with van der Waals surface area (Å²) in [6.07, 6.45) is 6.33. The van der Waals surface area contributed by atoms with E-state index in [0.717, 1.165) is 38.7 Å². The Balaban J connectivity index is 1.30. The van der Waals surface area contributed by atoms with Gasteiger partial charge in [-0.05, 0) is 37.7 Å². The van der Waals surface area contributed by atoms with E-state index in [2.05, 4.69) is 29.6 Å². The molecule has 108 valence electrons. The van der Waals surface area contributed by atoms with Gasteiger partial charge in [-0.1, -0.05) is 30.3 Å². The zero-order chi connectivity index (χ0) is 13.8. The number of nitrogens with one attached hydrogen (secondary N) is 1. The number of aryl methyl sites for hydroxylation is 1. The van der Waals surface area contributed by atoms with Crippen LogP contribution in [0.1, 0.15) is 37.7 Å². The standard InChI is InChI=1S/C17H23NO2/c19-17(18-15-12-16-14(15)10-11-20-16)9-5-4-8-13-6-2-1-3-7-13/h1-3,6-7,14-16H,4-5,8-12H2,(H,18,19)/t14-,15+,16+/m0/s1. The first kappa shape index (κ1) is 13.6. The zero-order valence-electron chi connectivity index (χ0n) is 11.9. The third kappa shape index (κ3) is 3.21. The van der Waals surface area contributed by atoms with Gasteiger partial charge in [0.15, 0.2) is 0 Å². The van der Waals surface area contributed by atoms with E-state index in [9.17, 15) is 4.79 Å². The number of carbonyl (C=O) groups is 1. The molecule has 1 heterocycles. The van der Waals surface area contributed by atoms with Crippen molar-refractivity contribution in [1.29, 1.82) is 0 Å². The van der Waals surface area contributed by atoms with Crippen LogP contribution in [0.2, 0.25) is 0 Å². The second kappa shape index (κ2) is 6.40. The minimum Gasteiger partial charge on any atom is -0.378 e. The molecule has 2 fully saturated rings. The first-order valence-corrected chi connectivity index (χ1v) is 7.78. The number of hydrogen-bond acceptors (Lipinski definition) is 2. The zero-order valence-corrected chi connectivity index (χ0v) is 11.9. The van der Waals surface area contributed by atoms with Gasteiger partial charge in [-0.15, -0.1) is 0 Å². The Morgan fingerprint density at radius 1 is 1.25 bits per heavy atom. The normalized spacial score (nSPS) is 27.7. The molecule has 1 N–H and O–H groups in total. The van der Waals surface area contributed by atoms with E-state index in [1.54, 1.807) is 0 Å². The molecule has 1 aliphatic heterocycles. The smallest absolute Gasteiger partial charge is 0.220 e. The number of ether oxygens (including phenoxy) is 1. The van der Waals surface area contributed by atoms with Crippen molar-refractivity contribution >= 4 is 5.91 Å². The average molecular weight is 273 g/mol. The van der Waals surface area contributed by atoms with E-state index in [-0.39, 0.29) is 5.91 Å². The van der Waals surface area contributed by atoms with Crippen LogP contribution in [0, 0.1) is 5.92 Å². The second-order valence-electron chi connectivity index (χ2n) is 5.96. The van der Waals surface area contributed by atoms with Crippen molar-refractivity contribution in [3.05, 3.63) is 35.9 Å². The van der Waals surface area contributed by atoms with Crippen LogP contribution in [0.15, 0.2) is 30.3 Å². The highest BCUT2D eigenvalue weighted by Crippen LogP contribution is 2.38. The van der Waals surface area contributed by atoms with Crippen LogP contribution in [0.25, 0.3) is 0 Å². The largest absolute Gasteiger partial charge is 0.378 e. The first-order chi connectivity index (χ1) is 9.83. The van der Waals surface area contributed by atoms with Gasteiger partial charge < -0.3 is 10.1 Å². The molecular formula is C17H23NO2. The lowest BCUT2D eigenvalue weighted by Gasteiger charge is -2.39. The number of fused-ring (bicyclic) bond motifs is 1. The molecule has 1 saturated heterocycles. The Hall–Kier alpha value is -1.35. The lowest BCUT2D eigenvalue weighted by Crippen LogP contribution is -2.53. The number of amides is 1. The molecule has 3 heteroatoms. The topological polar surface area (TPSA) is 38.3 Å². The van der Waals surface area contributed by atoms with Gasteiger partial charge in [0.1, 0.15) is 0 Å². The molecule has 2 aliphatic rings. The molecule has 0 aromatic heterocycles. The SMILES string of the molecule is O=C(CCCCc1ccccc1)N[C@@H]1C[C@H]2OCC[C@@H]12. The molecule has 3 nitrogen and oxygen atoms in total. The van der Waals surface area contributed by atoms with Gasteiger partial charge >= 0.3 is 0 Å². The molecule has 3 rings (SSSR count). The lowest BCUT2D eigenvalue weighted by atomic mass is 9.76. The van der Waals surface area contributed by atoms with E-state index in [4.69, 9.17) is 4.74 Å². The second-order valence-corrected chi connectivity index (χ2v) is 5.96. The molecule has 1 aromatic carbocycles. The number of unbranched alkanes of at least 4 members (excludes halogenated alkanes) is 1. The highest BCUT2D eigenvalue weighted by atomic mass is 16.5. The van der Waals surface area contributed by atoms with Crippen LogP contribution in [0.4, 0.5) is 0 Å². The molecule has 0 bridgehead atoms. The van der Waals surface area contributed by atoms with Crippen LogP contribution >= 0.6 is 0 Å². The van der Waals surface area contributed by atoms with Gasteiger partial charge in [0.05, 0.1) is 6.10 Å². The number of hydrogen-bond donors (Lipinski definition) is 1. The average Bonchev–Trinajstić information content (AvgIpc) is 2.83. The highest BCUT2D eigenvalue weighted by Gasteiger charge is 2.45. The van der Waals surface area contributed by atoms with E-state index >= 15 is 0 Å². The Kier molecular flexibility index (Phi) is 4.36. The van der Waals surface area contributed by atoms with Crippen LogP contribution in [-0.4, -0.2) is 24.7 Å². The van der Waals surface area contributed by atoms with Crippen molar-refractivity contribution in [1.82, 2.24) is 5.32 Å². The molecule has 3 atom stereocenters. The maximum absolute atomic E-state index is 11.9. The van der Waals surface area contributed by atoms with E-state index in [1.807, 2.05) is 6.07 Å². The van der Waals surface area contributed by atoms with Crippen molar-refractivity contribution in [3.8, 4) is 0 Å². The maximum Gasteiger partial charge on any atom is 0.220 e. The summed E-state index contributed by atoms with van der Waals surface area (Å²) in [4.78, 5) is 11.9. The van der Waals surface area contributed by atoms with E-state index < -0.39 is 0 Å². The minimum absolute atomic E-state index is 0.216. The van der Waals surface area contributed by atoms with Crippen LogP contribution in [-0.2, 0) is 16.0 Å². The summed E-state index contributed by atoms with van der Waals surface area (Å²) in [7, 11) is 0. The fourth-order valence-corrected chi connectivity index (χ4v) is 3.30. The third-order valence-corrected chi connectivity index (χ3v) is 4.57. The van der Waals surface area contributed by atoms with Crippen molar-refractivity contribution in [2.75, 3.05) is 6.61 Å². The molecule has 1 aliphatic carbocycles. The van der Waals surface area contributed by atoms with Crippen molar-refractivity contribution in [2.24, 2.45) is 5.92 Å². The Bertz CT molecular complexity index is 446. The maximum atomic E-state index is 11.9. The molecule has 1 amide bonds. The summed E-state index contributed by atoms with van der Waals surface area (Å²) in [6.45, 7) is 0.874. The molecule has 0 spiro atoms. The van der Waals surface area contributed by atoms with Crippen LogP contribution < -0.4 is 5.32 Å². The fraction of sp³-hybridized carbons (Fsp3) is 0.588. The predicted molar refractivity (Wildman–Crippen MR) is 78.4 cm³/mol. The number of benzene rings is 1. The van der Waals surface area contributed by atoms with Gasteiger partial charge in [-0.2, -0.15) is 0 Å². The quantitative estimate of drug-likeness (QED) is 0.809. The lowest BCUT2D eigenvalue weighted by molar-refractivity contribution is -0.124.